The monoisotopic (exact) mass is 245 g/mol. The van der Waals surface area contributed by atoms with Gasteiger partial charge in [0, 0.05) is 6.42 Å². The standard InChI is InChI=1S/C12H23NO4/c1-8(2)7-9(10(14)15)13-11-12(3,16)5-4-6-17-11/h8-9,11,13,16H,4-7H2,1-3H3,(H,14,15)/t9-,11-,12+/m0/s1. The summed E-state index contributed by atoms with van der Waals surface area (Å²) in [7, 11) is 0. The smallest absolute Gasteiger partial charge is 0.219 e. The SMILES string of the molecule is CC(C)C[C@H]([NH2+][C@H]1OCCC[C@@]1(C)O)C(=O)[O-]. The van der Waals surface area contributed by atoms with Crippen LogP contribution in [0.25, 0.3) is 0 Å². The summed E-state index contributed by atoms with van der Waals surface area (Å²) in [5.41, 5.74) is -0.969. The van der Waals surface area contributed by atoms with Crippen LogP contribution >= 0.6 is 0 Å². The van der Waals surface area contributed by atoms with E-state index in [1.54, 1.807) is 12.2 Å². The zero-order valence-corrected chi connectivity index (χ0v) is 10.8. The molecule has 0 spiro atoms. The maximum absolute atomic E-state index is 11.0. The van der Waals surface area contributed by atoms with E-state index in [1.807, 2.05) is 13.8 Å². The van der Waals surface area contributed by atoms with Crippen molar-refractivity contribution in [2.75, 3.05) is 6.61 Å². The van der Waals surface area contributed by atoms with Gasteiger partial charge in [0.05, 0.1) is 12.6 Å². The lowest BCUT2D eigenvalue weighted by Crippen LogP contribution is -3.01. The highest BCUT2D eigenvalue weighted by molar-refractivity contribution is 5.69. The van der Waals surface area contributed by atoms with Gasteiger partial charge in [0.15, 0.2) is 0 Å². The molecule has 1 aliphatic heterocycles. The van der Waals surface area contributed by atoms with E-state index >= 15 is 0 Å². The Balaban J connectivity index is 2.62. The highest BCUT2D eigenvalue weighted by atomic mass is 16.5. The van der Waals surface area contributed by atoms with Crippen LogP contribution in [0.3, 0.4) is 0 Å². The molecule has 1 rings (SSSR count). The summed E-state index contributed by atoms with van der Waals surface area (Å²) in [5, 5.41) is 22.8. The molecule has 1 fully saturated rings. The normalized spacial score (nSPS) is 31.5. The first kappa shape index (κ1) is 14.4. The van der Waals surface area contributed by atoms with E-state index in [0.717, 1.165) is 6.42 Å². The minimum absolute atomic E-state index is 0.266. The zero-order valence-electron chi connectivity index (χ0n) is 10.8. The van der Waals surface area contributed by atoms with E-state index in [2.05, 4.69) is 0 Å². The number of hydrogen-bond acceptors (Lipinski definition) is 4. The molecule has 0 amide bonds. The van der Waals surface area contributed by atoms with Crippen LogP contribution in [0.1, 0.15) is 40.0 Å². The number of rotatable bonds is 5. The fourth-order valence-electron chi connectivity index (χ4n) is 2.20. The first-order valence-corrected chi connectivity index (χ1v) is 6.22. The van der Waals surface area contributed by atoms with Crippen molar-refractivity contribution in [1.82, 2.24) is 0 Å². The number of carboxylic acid groups (broad SMARTS) is 1. The first-order chi connectivity index (χ1) is 7.83. The van der Waals surface area contributed by atoms with Crippen LogP contribution in [-0.2, 0) is 9.53 Å². The lowest BCUT2D eigenvalue weighted by Gasteiger charge is -2.36. The van der Waals surface area contributed by atoms with Crippen LogP contribution in [0.15, 0.2) is 0 Å². The van der Waals surface area contributed by atoms with Gasteiger partial charge in [-0.3, -0.25) is 0 Å². The molecule has 3 N–H and O–H groups in total. The Hall–Kier alpha value is -0.650. The summed E-state index contributed by atoms with van der Waals surface area (Å²) in [6.45, 7) is 6.18. The van der Waals surface area contributed by atoms with E-state index < -0.39 is 23.8 Å². The van der Waals surface area contributed by atoms with Gasteiger partial charge < -0.3 is 25.1 Å². The van der Waals surface area contributed by atoms with E-state index in [0.29, 0.717) is 19.4 Å². The fourth-order valence-corrected chi connectivity index (χ4v) is 2.20. The molecule has 0 aromatic rings. The number of carbonyl (C=O) groups excluding carboxylic acids is 1. The maximum Gasteiger partial charge on any atom is 0.219 e. The lowest BCUT2D eigenvalue weighted by molar-refractivity contribution is -0.766. The number of aliphatic hydroxyl groups is 1. The van der Waals surface area contributed by atoms with Gasteiger partial charge in [-0.1, -0.05) is 13.8 Å². The van der Waals surface area contributed by atoms with Crippen LogP contribution < -0.4 is 10.4 Å². The minimum Gasteiger partial charge on any atom is -0.544 e. The van der Waals surface area contributed by atoms with Gasteiger partial charge >= 0.3 is 0 Å². The molecule has 100 valence electrons. The predicted octanol–water partition coefficient (Wildman–Crippen LogP) is -1.40. The minimum atomic E-state index is -1.09. The molecule has 5 nitrogen and oxygen atoms in total. The molecule has 1 saturated heterocycles. The molecule has 0 aliphatic carbocycles. The Bertz CT molecular complexity index is 265. The predicted molar refractivity (Wildman–Crippen MR) is 59.8 cm³/mol. The van der Waals surface area contributed by atoms with Gasteiger partial charge in [0.25, 0.3) is 0 Å². The second-order valence-electron chi connectivity index (χ2n) is 5.50. The molecule has 1 heterocycles. The molecular weight excluding hydrogens is 222 g/mol. The van der Waals surface area contributed by atoms with E-state index in [9.17, 15) is 15.0 Å². The van der Waals surface area contributed by atoms with E-state index in [-0.39, 0.29) is 5.92 Å². The van der Waals surface area contributed by atoms with Gasteiger partial charge in [-0.05, 0) is 25.7 Å². The Morgan fingerprint density at radius 3 is 2.76 bits per heavy atom. The highest BCUT2D eigenvalue weighted by Gasteiger charge is 2.40. The topological polar surface area (TPSA) is 86.2 Å². The molecule has 3 atom stereocenters. The third-order valence-electron chi connectivity index (χ3n) is 3.17. The number of carbonyl (C=O) groups is 1. The molecule has 5 heteroatoms. The molecule has 17 heavy (non-hydrogen) atoms. The van der Waals surface area contributed by atoms with Crippen LogP contribution in [0.5, 0.6) is 0 Å². The van der Waals surface area contributed by atoms with Crippen LogP contribution in [-0.4, -0.2) is 35.6 Å². The molecular formula is C12H23NO4. The number of hydrogen-bond donors (Lipinski definition) is 2. The van der Waals surface area contributed by atoms with Gasteiger partial charge in [-0.2, -0.15) is 0 Å². The lowest BCUT2D eigenvalue weighted by atomic mass is 9.94. The Kier molecular flexibility index (Phi) is 4.91. The summed E-state index contributed by atoms with van der Waals surface area (Å²) < 4.78 is 5.46. The molecule has 0 aromatic carbocycles. The molecule has 0 bridgehead atoms. The second-order valence-corrected chi connectivity index (χ2v) is 5.50. The van der Waals surface area contributed by atoms with E-state index in [4.69, 9.17) is 4.74 Å². The fraction of sp³-hybridized carbons (Fsp3) is 0.917. The van der Waals surface area contributed by atoms with Crippen LogP contribution in [0.2, 0.25) is 0 Å². The third-order valence-corrected chi connectivity index (χ3v) is 3.17. The Morgan fingerprint density at radius 1 is 1.65 bits per heavy atom. The van der Waals surface area contributed by atoms with Crippen molar-refractivity contribution in [2.45, 2.75) is 57.9 Å². The molecule has 0 saturated carbocycles. The zero-order chi connectivity index (χ0) is 13.1. The van der Waals surface area contributed by atoms with Gasteiger partial charge in [-0.25, -0.2) is 0 Å². The number of carboxylic acids is 1. The molecule has 0 aromatic heterocycles. The maximum atomic E-state index is 11.0. The molecule has 0 unspecified atom stereocenters. The second kappa shape index (κ2) is 5.80. The van der Waals surface area contributed by atoms with Crippen molar-refractivity contribution < 1.29 is 25.1 Å². The van der Waals surface area contributed by atoms with Crippen molar-refractivity contribution >= 4 is 5.97 Å². The third kappa shape index (κ3) is 4.26. The van der Waals surface area contributed by atoms with Crippen molar-refractivity contribution in [3.05, 3.63) is 0 Å². The van der Waals surface area contributed by atoms with Gasteiger partial charge in [0.1, 0.15) is 11.6 Å². The number of ether oxygens (including phenoxy) is 1. The number of quaternary nitrogens is 1. The van der Waals surface area contributed by atoms with Crippen molar-refractivity contribution in [3.8, 4) is 0 Å². The summed E-state index contributed by atoms with van der Waals surface area (Å²) in [6, 6.07) is -0.662. The molecule has 0 radical (unpaired) electrons. The van der Waals surface area contributed by atoms with Crippen molar-refractivity contribution in [2.24, 2.45) is 5.92 Å². The van der Waals surface area contributed by atoms with Gasteiger partial charge in [0.2, 0.25) is 6.23 Å². The highest BCUT2D eigenvalue weighted by Crippen LogP contribution is 2.21. The van der Waals surface area contributed by atoms with Crippen molar-refractivity contribution in [1.29, 1.82) is 0 Å². The Morgan fingerprint density at radius 2 is 2.29 bits per heavy atom. The van der Waals surface area contributed by atoms with Crippen LogP contribution in [0.4, 0.5) is 0 Å². The number of nitrogens with two attached hydrogens (primary N) is 1. The van der Waals surface area contributed by atoms with Crippen molar-refractivity contribution in [3.63, 3.8) is 0 Å². The average molecular weight is 245 g/mol. The average Bonchev–Trinajstić information content (AvgIpc) is 2.18. The van der Waals surface area contributed by atoms with E-state index in [1.165, 1.54) is 0 Å². The molecule has 1 aliphatic rings. The summed E-state index contributed by atoms with van der Waals surface area (Å²) in [6.07, 6.45) is 1.43. The first-order valence-electron chi connectivity index (χ1n) is 6.22. The number of aliphatic carboxylic acids is 1. The summed E-state index contributed by atoms with van der Waals surface area (Å²) in [5.74, 6) is -0.827. The van der Waals surface area contributed by atoms with Crippen LogP contribution in [0, 0.1) is 5.92 Å². The Labute approximate surface area is 102 Å². The quantitative estimate of drug-likeness (QED) is 0.624. The summed E-state index contributed by atoms with van der Waals surface area (Å²) >= 11 is 0. The van der Waals surface area contributed by atoms with Gasteiger partial charge in [-0.15, -0.1) is 0 Å². The summed E-state index contributed by atoms with van der Waals surface area (Å²) in [4.78, 5) is 11.0. The largest absolute Gasteiger partial charge is 0.544 e.